The van der Waals surface area contributed by atoms with Gasteiger partial charge in [-0.2, -0.15) is 0 Å². The summed E-state index contributed by atoms with van der Waals surface area (Å²) in [5.74, 6) is 1.71. The lowest BCUT2D eigenvalue weighted by atomic mass is 9.99. The first-order chi connectivity index (χ1) is 10.1. The summed E-state index contributed by atoms with van der Waals surface area (Å²) in [6.45, 7) is 5.26. The standard InChI is InChI=1S/C18H18O3/c1-12-10-20-16-8-7-14(9-17(16)21-11-12)18(19)15-6-4-3-5-13(15)2/h3-9,12H,10-11H2,1-2H3. The van der Waals surface area contributed by atoms with E-state index in [0.29, 0.717) is 36.2 Å². The largest absolute Gasteiger partial charge is 0.489 e. The minimum atomic E-state index is 0.0109. The topological polar surface area (TPSA) is 35.5 Å². The van der Waals surface area contributed by atoms with Crippen LogP contribution in [-0.2, 0) is 0 Å². The Balaban J connectivity index is 1.94. The first-order valence-electron chi connectivity index (χ1n) is 7.15. The van der Waals surface area contributed by atoms with E-state index >= 15 is 0 Å². The van der Waals surface area contributed by atoms with Gasteiger partial charge in [-0.05, 0) is 30.7 Å². The van der Waals surface area contributed by atoms with E-state index in [1.165, 1.54) is 0 Å². The Hall–Kier alpha value is -2.29. The number of ketones is 1. The van der Waals surface area contributed by atoms with Crippen LogP contribution in [0.1, 0.15) is 28.4 Å². The summed E-state index contributed by atoms with van der Waals surface area (Å²) in [5.41, 5.74) is 2.32. The molecular formula is C18H18O3. The van der Waals surface area contributed by atoms with Crippen LogP contribution in [0.2, 0.25) is 0 Å². The van der Waals surface area contributed by atoms with Gasteiger partial charge in [-0.1, -0.05) is 31.2 Å². The molecule has 0 amide bonds. The molecule has 3 nitrogen and oxygen atoms in total. The maximum Gasteiger partial charge on any atom is 0.193 e. The molecule has 1 unspecified atom stereocenters. The van der Waals surface area contributed by atoms with Crippen LogP contribution in [0, 0.1) is 12.8 Å². The molecule has 2 aromatic rings. The maximum atomic E-state index is 12.6. The zero-order chi connectivity index (χ0) is 14.8. The van der Waals surface area contributed by atoms with Gasteiger partial charge in [-0.25, -0.2) is 0 Å². The minimum Gasteiger partial charge on any atom is -0.489 e. The zero-order valence-corrected chi connectivity index (χ0v) is 12.3. The van der Waals surface area contributed by atoms with Gasteiger partial charge in [-0.15, -0.1) is 0 Å². The molecular weight excluding hydrogens is 264 g/mol. The van der Waals surface area contributed by atoms with Gasteiger partial charge in [0.05, 0.1) is 13.2 Å². The third-order valence-electron chi connectivity index (χ3n) is 3.64. The summed E-state index contributed by atoms with van der Waals surface area (Å²) in [4.78, 5) is 12.6. The fraction of sp³-hybridized carbons (Fsp3) is 0.278. The molecule has 0 aliphatic carbocycles. The SMILES string of the molecule is Cc1ccccc1C(=O)c1ccc2c(c1)OCC(C)CO2. The second kappa shape index (κ2) is 5.60. The maximum absolute atomic E-state index is 12.6. The molecule has 21 heavy (non-hydrogen) atoms. The molecule has 108 valence electrons. The molecule has 1 aliphatic rings. The van der Waals surface area contributed by atoms with Crippen LogP contribution in [0.15, 0.2) is 42.5 Å². The van der Waals surface area contributed by atoms with E-state index in [-0.39, 0.29) is 5.78 Å². The number of hydrogen-bond donors (Lipinski definition) is 0. The van der Waals surface area contributed by atoms with Crippen molar-refractivity contribution in [1.29, 1.82) is 0 Å². The van der Waals surface area contributed by atoms with Crippen molar-refractivity contribution in [2.45, 2.75) is 13.8 Å². The van der Waals surface area contributed by atoms with Gasteiger partial charge in [-0.3, -0.25) is 4.79 Å². The number of ether oxygens (including phenoxy) is 2. The smallest absolute Gasteiger partial charge is 0.193 e. The van der Waals surface area contributed by atoms with E-state index in [1.54, 1.807) is 12.1 Å². The molecule has 0 N–H and O–H groups in total. The number of carbonyl (C=O) groups is 1. The summed E-state index contributed by atoms with van der Waals surface area (Å²) in [5, 5.41) is 0. The van der Waals surface area contributed by atoms with Crippen molar-refractivity contribution in [1.82, 2.24) is 0 Å². The Morgan fingerprint density at radius 3 is 2.52 bits per heavy atom. The van der Waals surface area contributed by atoms with E-state index in [0.717, 1.165) is 11.1 Å². The molecule has 0 saturated heterocycles. The molecule has 0 saturated carbocycles. The quantitative estimate of drug-likeness (QED) is 0.789. The molecule has 3 heteroatoms. The van der Waals surface area contributed by atoms with Gasteiger partial charge < -0.3 is 9.47 Å². The zero-order valence-electron chi connectivity index (χ0n) is 12.3. The highest BCUT2D eigenvalue weighted by atomic mass is 16.5. The van der Waals surface area contributed by atoms with Crippen LogP contribution in [0.4, 0.5) is 0 Å². The van der Waals surface area contributed by atoms with Crippen molar-refractivity contribution in [3.63, 3.8) is 0 Å². The van der Waals surface area contributed by atoms with Crippen molar-refractivity contribution >= 4 is 5.78 Å². The Labute approximate surface area is 124 Å². The van der Waals surface area contributed by atoms with E-state index in [4.69, 9.17) is 9.47 Å². The second-order valence-corrected chi connectivity index (χ2v) is 5.53. The van der Waals surface area contributed by atoms with Crippen molar-refractivity contribution in [3.8, 4) is 11.5 Å². The molecule has 0 bridgehead atoms. The van der Waals surface area contributed by atoms with Crippen LogP contribution < -0.4 is 9.47 Å². The number of fused-ring (bicyclic) bond motifs is 1. The van der Waals surface area contributed by atoms with Crippen molar-refractivity contribution < 1.29 is 14.3 Å². The first-order valence-corrected chi connectivity index (χ1v) is 7.15. The average molecular weight is 282 g/mol. The average Bonchev–Trinajstić information content (AvgIpc) is 2.69. The summed E-state index contributed by atoms with van der Waals surface area (Å²) in [6, 6.07) is 13.0. The van der Waals surface area contributed by atoms with Crippen LogP contribution in [-0.4, -0.2) is 19.0 Å². The lowest BCUT2D eigenvalue weighted by molar-refractivity contribution is 0.103. The number of hydrogen-bond acceptors (Lipinski definition) is 3. The van der Waals surface area contributed by atoms with Crippen LogP contribution in [0.25, 0.3) is 0 Å². The molecule has 1 heterocycles. The van der Waals surface area contributed by atoms with Gasteiger partial charge in [0.1, 0.15) is 0 Å². The molecule has 2 aromatic carbocycles. The molecule has 0 fully saturated rings. The van der Waals surface area contributed by atoms with Crippen LogP contribution >= 0.6 is 0 Å². The third kappa shape index (κ3) is 2.77. The third-order valence-corrected chi connectivity index (χ3v) is 3.64. The van der Waals surface area contributed by atoms with Gasteiger partial charge in [0.25, 0.3) is 0 Å². The molecule has 1 atom stereocenters. The normalized spacial score (nSPS) is 17.1. The molecule has 1 aliphatic heterocycles. The van der Waals surface area contributed by atoms with Gasteiger partial charge in [0.2, 0.25) is 0 Å². The summed E-state index contributed by atoms with van der Waals surface area (Å²) in [7, 11) is 0. The van der Waals surface area contributed by atoms with E-state index in [9.17, 15) is 4.79 Å². The number of carbonyl (C=O) groups excluding carboxylic acids is 1. The number of rotatable bonds is 2. The Morgan fingerprint density at radius 1 is 1.05 bits per heavy atom. The summed E-state index contributed by atoms with van der Waals surface area (Å²) >= 11 is 0. The van der Waals surface area contributed by atoms with Crippen molar-refractivity contribution in [2.24, 2.45) is 5.92 Å². The highest BCUT2D eigenvalue weighted by Crippen LogP contribution is 2.32. The summed E-state index contributed by atoms with van der Waals surface area (Å²) < 4.78 is 11.4. The summed E-state index contributed by atoms with van der Waals surface area (Å²) in [6.07, 6.45) is 0. The highest BCUT2D eigenvalue weighted by Gasteiger charge is 2.18. The first kappa shape index (κ1) is 13.7. The lowest BCUT2D eigenvalue weighted by Gasteiger charge is -2.09. The molecule has 0 spiro atoms. The lowest BCUT2D eigenvalue weighted by Crippen LogP contribution is -2.12. The van der Waals surface area contributed by atoms with Crippen LogP contribution in [0.5, 0.6) is 11.5 Å². The van der Waals surface area contributed by atoms with Gasteiger partial charge in [0, 0.05) is 17.0 Å². The Bertz CT molecular complexity index is 676. The fourth-order valence-electron chi connectivity index (χ4n) is 2.38. The van der Waals surface area contributed by atoms with Crippen molar-refractivity contribution in [2.75, 3.05) is 13.2 Å². The van der Waals surface area contributed by atoms with Gasteiger partial charge >= 0.3 is 0 Å². The van der Waals surface area contributed by atoms with E-state index < -0.39 is 0 Å². The predicted octanol–water partition coefficient (Wildman–Crippen LogP) is 3.63. The van der Waals surface area contributed by atoms with Gasteiger partial charge in [0.15, 0.2) is 17.3 Å². The molecule has 3 rings (SSSR count). The second-order valence-electron chi connectivity index (χ2n) is 5.53. The number of aryl methyl sites for hydroxylation is 1. The molecule has 0 radical (unpaired) electrons. The minimum absolute atomic E-state index is 0.0109. The highest BCUT2D eigenvalue weighted by molar-refractivity contribution is 6.10. The number of benzene rings is 2. The predicted molar refractivity (Wildman–Crippen MR) is 81.2 cm³/mol. The monoisotopic (exact) mass is 282 g/mol. The Kier molecular flexibility index (Phi) is 3.65. The van der Waals surface area contributed by atoms with Crippen molar-refractivity contribution in [3.05, 3.63) is 59.2 Å². The van der Waals surface area contributed by atoms with Crippen LogP contribution in [0.3, 0.4) is 0 Å². The molecule has 0 aromatic heterocycles. The Morgan fingerprint density at radius 2 is 1.76 bits per heavy atom. The van der Waals surface area contributed by atoms with E-state index in [1.807, 2.05) is 37.3 Å². The fourth-order valence-corrected chi connectivity index (χ4v) is 2.38. The van der Waals surface area contributed by atoms with E-state index in [2.05, 4.69) is 6.92 Å².